The van der Waals surface area contributed by atoms with Crippen LogP contribution >= 0.6 is 24.0 Å². The first-order valence-electron chi connectivity index (χ1n) is 8.04. The highest BCUT2D eigenvalue weighted by Crippen LogP contribution is 2.30. The van der Waals surface area contributed by atoms with Crippen molar-refractivity contribution in [2.24, 2.45) is 0 Å². The van der Waals surface area contributed by atoms with Crippen LogP contribution in [0.4, 0.5) is 11.4 Å². The Bertz CT molecular complexity index is 932. The third-order valence-corrected chi connectivity index (χ3v) is 3.86. The van der Waals surface area contributed by atoms with E-state index in [1.807, 2.05) is 38.1 Å². The Labute approximate surface area is 163 Å². The zero-order valence-corrected chi connectivity index (χ0v) is 16.0. The molecule has 0 spiro atoms. The summed E-state index contributed by atoms with van der Waals surface area (Å²) < 4.78 is 5.29. The normalized spacial score (nSPS) is 10.3. The number of hydrogen-bond donors (Lipinski definition) is 1. The molecule has 0 unspecified atom stereocenters. The number of carbonyl (C=O) groups excluding carboxylic acids is 1. The van der Waals surface area contributed by atoms with E-state index in [-0.39, 0.29) is 12.4 Å². The highest BCUT2D eigenvalue weighted by molar-refractivity contribution is 6.30. The van der Waals surface area contributed by atoms with Gasteiger partial charge in [-0.25, -0.2) is 14.8 Å². The van der Waals surface area contributed by atoms with Crippen LogP contribution in [0, 0.1) is 6.92 Å². The second-order valence-corrected chi connectivity index (χ2v) is 6.08. The Morgan fingerprint density at radius 2 is 2.08 bits per heavy atom. The number of benzene rings is 1. The number of halogens is 2. The number of hydrogen-bond acceptors (Lipinski definition) is 5. The lowest BCUT2D eigenvalue weighted by atomic mass is 10.1. The van der Waals surface area contributed by atoms with Crippen molar-refractivity contribution < 1.29 is 9.53 Å². The van der Waals surface area contributed by atoms with Gasteiger partial charge in [0.15, 0.2) is 5.65 Å². The molecule has 1 N–H and O–H groups in total. The molecular weight excluding hydrogens is 373 g/mol. The van der Waals surface area contributed by atoms with Crippen molar-refractivity contribution in [1.29, 1.82) is 0 Å². The highest BCUT2D eigenvalue weighted by atomic mass is 35.5. The minimum atomic E-state index is -0.415. The molecule has 0 bridgehead atoms. The summed E-state index contributed by atoms with van der Waals surface area (Å²) in [6.45, 7) is 4.21. The fourth-order valence-corrected chi connectivity index (χ4v) is 2.63. The Kier molecular flexibility index (Phi) is 6.77. The monoisotopic (exact) mass is 391 g/mol. The number of carbonyl (C=O) groups is 1. The molecule has 1 aromatic carbocycles. The molecule has 0 aliphatic heterocycles. The van der Waals surface area contributed by atoms with Crippen LogP contribution in [0.25, 0.3) is 11.0 Å². The number of fused-ring (bicyclic) bond motifs is 1. The van der Waals surface area contributed by atoms with Crippen LogP contribution < -0.4 is 5.32 Å². The van der Waals surface area contributed by atoms with Crippen molar-refractivity contribution in [3.8, 4) is 0 Å². The van der Waals surface area contributed by atoms with Gasteiger partial charge < -0.3 is 10.1 Å². The lowest BCUT2D eigenvalue weighted by molar-refractivity contribution is 0.0506. The van der Waals surface area contributed by atoms with Crippen LogP contribution in [0.5, 0.6) is 0 Å². The number of aromatic nitrogens is 2. The fourth-order valence-electron chi connectivity index (χ4n) is 2.44. The number of rotatable bonds is 5. The minimum Gasteiger partial charge on any atom is -0.462 e. The van der Waals surface area contributed by atoms with Crippen molar-refractivity contribution in [3.63, 3.8) is 0 Å². The van der Waals surface area contributed by atoms with Crippen LogP contribution in [-0.4, -0.2) is 22.5 Å². The van der Waals surface area contributed by atoms with Gasteiger partial charge in [-0.15, -0.1) is 12.4 Å². The summed E-state index contributed by atoms with van der Waals surface area (Å²) in [6.07, 6.45) is 2.25. The van der Waals surface area contributed by atoms with E-state index in [2.05, 4.69) is 15.3 Å². The second kappa shape index (κ2) is 8.83. The quantitative estimate of drug-likeness (QED) is 0.595. The van der Waals surface area contributed by atoms with Gasteiger partial charge in [-0.05, 0) is 43.7 Å². The van der Waals surface area contributed by atoms with Gasteiger partial charge >= 0.3 is 5.97 Å². The third kappa shape index (κ3) is 4.42. The summed E-state index contributed by atoms with van der Waals surface area (Å²) in [5.74, 6) is -0.415. The molecule has 0 atom stereocenters. The van der Waals surface area contributed by atoms with Gasteiger partial charge in [0.1, 0.15) is 5.56 Å². The first-order valence-corrected chi connectivity index (χ1v) is 8.42. The van der Waals surface area contributed by atoms with E-state index in [0.717, 1.165) is 23.2 Å². The predicted octanol–water partition coefficient (Wildman–Crippen LogP) is 5.32. The maximum atomic E-state index is 12.4. The van der Waals surface area contributed by atoms with E-state index >= 15 is 0 Å². The van der Waals surface area contributed by atoms with Gasteiger partial charge in [-0.3, -0.25) is 0 Å². The molecular formula is C19H19Cl2N3O2. The van der Waals surface area contributed by atoms with Crippen molar-refractivity contribution >= 4 is 52.4 Å². The lowest BCUT2D eigenvalue weighted by Crippen LogP contribution is -2.10. The van der Waals surface area contributed by atoms with Crippen LogP contribution in [0.15, 0.2) is 42.6 Å². The Hall–Kier alpha value is -2.37. The van der Waals surface area contributed by atoms with E-state index in [1.165, 1.54) is 6.20 Å². The summed E-state index contributed by atoms with van der Waals surface area (Å²) in [5, 5.41) is 4.62. The summed E-state index contributed by atoms with van der Waals surface area (Å²) in [4.78, 5) is 21.2. The van der Waals surface area contributed by atoms with Crippen molar-refractivity contribution in [2.45, 2.75) is 20.3 Å². The zero-order chi connectivity index (χ0) is 17.8. The molecule has 0 radical (unpaired) electrons. The number of aryl methyl sites for hydroxylation is 1. The number of anilines is 2. The number of ether oxygens (including phenoxy) is 1. The molecule has 26 heavy (non-hydrogen) atoms. The van der Waals surface area contributed by atoms with Gasteiger partial charge in [0, 0.05) is 28.0 Å². The van der Waals surface area contributed by atoms with E-state index in [0.29, 0.717) is 28.5 Å². The second-order valence-electron chi connectivity index (χ2n) is 5.64. The van der Waals surface area contributed by atoms with Crippen molar-refractivity contribution in [3.05, 3.63) is 58.9 Å². The first-order chi connectivity index (χ1) is 12.1. The molecule has 5 nitrogen and oxygen atoms in total. The maximum absolute atomic E-state index is 12.4. The average Bonchev–Trinajstić information content (AvgIpc) is 2.59. The first kappa shape index (κ1) is 19.9. The van der Waals surface area contributed by atoms with Gasteiger partial charge in [-0.2, -0.15) is 0 Å². The van der Waals surface area contributed by atoms with E-state index in [4.69, 9.17) is 16.3 Å². The summed E-state index contributed by atoms with van der Waals surface area (Å²) in [5.41, 5.74) is 3.17. The molecule has 2 aromatic heterocycles. The molecule has 7 heteroatoms. The molecule has 0 amide bonds. The van der Waals surface area contributed by atoms with Crippen LogP contribution in [0.2, 0.25) is 5.02 Å². The Morgan fingerprint density at radius 3 is 2.81 bits per heavy atom. The number of pyridine rings is 2. The summed E-state index contributed by atoms with van der Waals surface area (Å²) in [6, 6.07) is 11.1. The molecule has 0 fully saturated rings. The fraction of sp³-hybridized carbons (Fsp3) is 0.211. The molecule has 2 heterocycles. The standard InChI is InChI=1S/C19H18ClN3O2.ClH/c1-3-9-25-19(24)16-11-21-18-15(8-7-12(2)22-18)17(16)23-14-6-4-5-13(20)10-14;/h4-8,10-11H,3,9H2,1-2H3,(H,21,22,23);1H. The molecule has 0 saturated heterocycles. The molecule has 0 aliphatic carbocycles. The summed E-state index contributed by atoms with van der Waals surface area (Å²) in [7, 11) is 0. The SMILES string of the molecule is CCCOC(=O)c1cnc2nc(C)ccc2c1Nc1cccc(Cl)c1.Cl. The predicted molar refractivity (Wildman–Crippen MR) is 107 cm³/mol. The smallest absolute Gasteiger partial charge is 0.341 e. The molecule has 136 valence electrons. The van der Waals surface area contributed by atoms with Gasteiger partial charge in [0.05, 0.1) is 12.3 Å². The molecule has 3 rings (SSSR count). The van der Waals surface area contributed by atoms with E-state index < -0.39 is 5.97 Å². The van der Waals surface area contributed by atoms with Crippen LogP contribution in [0.3, 0.4) is 0 Å². The lowest BCUT2D eigenvalue weighted by Gasteiger charge is -2.14. The summed E-state index contributed by atoms with van der Waals surface area (Å²) >= 11 is 6.06. The topological polar surface area (TPSA) is 64.1 Å². The Morgan fingerprint density at radius 1 is 1.27 bits per heavy atom. The largest absolute Gasteiger partial charge is 0.462 e. The maximum Gasteiger partial charge on any atom is 0.341 e. The minimum absolute atomic E-state index is 0. The van der Waals surface area contributed by atoms with Gasteiger partial charge in [-0.1, -0.05) is 24.6 Å². The van der Waals surface area contributed by atoms with Gasteiger partial charge in [0.25, 0.3) is 0 Å². The van der Waals surface area contributed by atoms with Crippen LogP contribution in [0.1, 0.15) is 29.4 Å². The molecule has 0 saturated carbocycles. The van der Waals surface area contributed by atoms with E-state index in [9.17, 15) is 4.79 Å². The number of nitrogens with zero attached hydrogens (tertiary/aromatic N) is 2. The molecule has 3 aromatic rings. The highest BCUT2D eigenvalue weighted by Gasteiger charge is 2.18. The van der Waals surface area contributed by atoms with Gasteiger partial charge in [0.2, 0.25) is 0 Å². The molecule has 0 aliphatic rings. The van der Waals surface area contributed by atoms with Crippen molar-refractivity contribution in [1.82, 2.24) is 9.97 Å². The van der Waals surface area contributed by atoms with Crippen LogP contribution in [-0.2, 0) is 4.74 Å². The Balaban J connectivity index is 0.00000243. The van der Waals surface area contributed by atoms with Crippen molar-refractivity contribution in [2.75, 3.05) is 11.9 Å². The van der Waals surface area contributed by atoms with E-state index in [1.54, 1.807) is 12.1 Å². The average molecular weight is 392 g/mol. The number of nitrogens with one attached hydrogen (secondary N) is 1. The number of esters is 1. The zero-order valence-electron chi connectivity index (χ0n) is 14.5. The third-order valence-electron chi connectivity index (χ3n) is 3.62.